The van der Waals surface area contributed by atoms with E-state index in [9.17, 15) is 8.78 Å². The van der Waals surface area contributed by atoms with Gasteiger partial charge in [-0.1, -0.05) is 0 Å². The molecule has 0 aliphatic carbocycles. The van der Waals surface area contributed by atoms with Gasteiger partial charge in [0.1, 0.15) is 0 Å². The maximum absolute atomic E-state index is 13.3. The van der Waals surface area contributed by atoms with Crippen molar-refractivity contribution in [1.82, 2.24) is 0 Å². The topological polar surface area (TPSA) is 9.23 Å². The zero-order valence-electron chi connectivity index (χ0n) is 8.30. The van der Waals surface area contributed by atoms with Crippen LogP contribution in [0, 0.1) is 11.6 Å². The van der Waals surface area contributed by atoms with Gasteiger partial charge in [0, 0.05) is 4.90 Å². The number of rotatable bonds is 3. The van der Waals surface area contributed by atoms with E-state index in [0.717, 1.165) is 0 Å². The van der Waals surface area contributed by atoms with Gasteiger partial charge in [0.25, 0.3) is 0 Å². The molecule has 14 heavy (non-hydrogen) atoms. The van der Waals surface area contributed by atoms with Crippen molar-refractivity contribution in [3.63, 3.8) is 0 Å². The van der Waals surface area contributed by atoms with Crippen LogP contribution in [-0.2, 0) is 0 Å². The molecule has 0 spiro atoms. The third-order valence-corrected chi connectivity index (χ3v) is 2.35. The van der Waals surface area contributed by atoms with E-state index in [-0.39, 0.29) is 11.9 Å². The van der Waals surface area contributed by atoms with Gasteiger partial charge in [-0.05, 0) is 32.2 Å². The van der Waals surface area contributed by atoms with E-state index >= 15 is 0 Å². The average molecular weight is 218 g/mol. The fourth-order valence-corrected chi connectivity index (χ4v) is 1.49. The number of halogens is 2. The van der Waals surface area contributed by atoms with E-state index in [2.05, 4.69) is 0 Å². The van der Waals surface area contributed by atoms with Crippen molar-refractivity contribution < 1.29 is 13.5 Å². The van der Waals surface area contributed by atoms with E-state index in [1.807, 2.05) is 0 Å². The lowest BCUT2D eigenvalue weighted by molar-refractivity contribution is 0.227. The van der Waals surface area contributed by atoms with Crippen molar-refractivity contribution >= 4 is 11.8 Å². The summed E-state index contributed by atoms with van der Waals surface area (Å²) < 4.78 is 31.6. The van der Waals surface area contributed by atoms with Crippen LogP contribution in [0.5, 0.6) is 5.75 Å². The monoisotopic (exact) mass is 218 g/mol. The lowest BCUT2D eigenvalue weighted by Gasteiger charge is -2.11. The maximum Gasteiger partial charge on any atom is 0.201 e. The molecule has 0 saturated heterocycles. The van der Waals surface area contributed by atoms with Crippen molar-refractivity contribution in [2.75, 3.05) is 6.26 Å². The molecule has 0 N–H and O–H groups in total. The highest BCUT2D eigenvalue weighted by atomic mass is 32.2. The smallest absolute Gasteiger partial charge is 0.201 e. The van der Waals surface area contributed by atoms with Crippen molar-refractivity contribution in [2.24, 2.45) is 0 Å². The molecule has 0 radical (unpaired) electrons. The van der Waals surface area contributed by atoms with Crippen LogP contribution in [0.2, 0.25) is 0 Å². The lowest BCUT2D eigenvalue weighted by Crippen LogP contribution is -2.07. The minimum absolute atomic E-state index is 0.0321. The summed E-state index contributed by atoms with van der Waals surface area (Å²) in [6.45, 7) is 3.53. The van der Waals surface area contributed by atoms with E-state index in [1.165, 1.54) is 23.9 Å². The molecule has 0 unspecified atom stereocenters. The van der Waals surface area contributed by atoms with Crippen LogP contribution in [0.15, 0.2) is 17.0 Å². The van der Waals surface area contributed by atoms with Crippen LogP contribution in [-0.4, -0.2) is 12.4 Å². The number of benzene rings is 1. The highest BCUT2D eigenvalue weighted by Gasteiger charge is 2.14. The summed E-state index contributed by atoms with van der Waals surface area (Å²) in [5.74, 6) is -1.78. The molecule has 78 valence electrons. The number of hydrogen-bond acceptors (Lipinski definition) is 2. The second-order valence-corrected chi connectivity index (χ2v) is 3.91. The van der Waals surface area contributed by atoms with Crippen LogP contribution in [0.3, 0.4) is 0 Å². The Kier molecular flexibility index (Phi) is 3.75. The second-order valence-electron chi connectivity index (χ2n) is 3.06. The van der Waals surface area contributed by atoms with Gasteiger partial charge in [-0.25, -0.2) is 4.39 Å². The quantitative estimate of drug-likeness (QED) is 0.718. The molecule has 1 aromatic rings. The summed E-state index contributed by atoms with van der Waals surface area (Å²) in [6.07, 6.45) is 1.53. The van der Waals surface area contributed by atoms with Gasteiger partial charge in [0.15, 0.2) is 11.6 Å². The summed E-state index contributed by atoms with van der Waals surface area (Å²) in [6, 6.07) is 2.96. The molecule has 0 aromatic heterocycles. The van der Waals surface area contributed by atoms with Crippen LogP contribution >= 0.6 is 11.8 Å². The SMILES string of the molecule is CSc1ccc(OC(C)C)c(F)c1F. The first-order valence-electron chi connectivity index (χ1n) is 4.25. The van der Waals surface area contributed by atoms with Gasteiger partial charge in [-0.2, -0.15) is 4.39 Å². The fourth-order valence-electron chi connectivity index (χ4n) is 1.02. The molecule has 0 saturated carbocycles. The molecule has 0 fully saturated rings. The molecule has 0 heterocycles. The molecule has 4 heteroatoms. The highest BCUT2D eigenvalue weighted by molar-refractivity contribution is 7.98. The van der Waals surface area contributed by atoms with Crippen molar-refractivity contribution in [3.05, 3.63) is 23.8 Å². The molecular formula is C10H12F2OS. The Hall–Kier alpha value is -0.770. The molecule has 0 aliphatic rings. The Balaban J connectivity index is 3.04. The third kappa shape index (κ3) is 2.38. The van der Waals surface area contributed by atoms with E-state index in [4.69, 9.17) is 4.74 Å². The van der Waals surface area contributed by atoms with Gasteiger partial charge in [-0.3, -0.25) is 0 Å². The van der Waals surface area contributed by atoms with Gasteiger partial charge in [-0.15, -0.1) is 11.8 Å². The Bertz CT molecular complexity index is 326. The Labute approximate surface area is 86.5 Å². The predicted molar refractivity (Wildman–Crippen MR) is 53.9 cm³/mol. The molecule has 0 atom stereocenters. The minimum Gasteiger partial charge on any atom is -0.488 e. The van der Waals surface area contributed by atoms with E-state index in [0.29, 0.717) is 4.90 Å². The van der Waals surface area contributed by atoms with Gasteiger partial charge in [0.2, 0.25) is 5.82 Å². The van der Waals surface area contributed by atoms with Crippen LogP contribution in [0.1, 0.15) is 13.8 Å². The normalized spacial score (nSPS) is 10.7. The van der Waals surface area contributed by atoms with E-state index < -0.39 is 11.6 Å². The number of hydrogen-bond donors (Lipinski definition) is 0. The Morgan fingerprint density at radius 1 is 1.21 bits per heavy atom. The van der Waals surface area contributed by atoms with Crippen molar-refractivity contribution in [1.29, 1.82) is 0 Å². The molecule has 1 rings (SSSR count). The molecule has 0 amide bonds. The van der Waals surface area contributed by atoms with Crippen LogP contribution in [0.25, 0.3) is 0 Å². The largest absolute Gasteiger partial charge is 0.488 e. The van der Waals surface area contributed by atoms with Gasteiger partial charge >= 0.3 is 0 Å². The Morgan fingerprint density at radius 2 is 1.86 bits per heavy atom. The first-order chi connectivity index (χ1) is 6.56. The summed E-state index contributed by atoms with van der Waals surface area (Å²) in [4.78, 5) is 0.290. The standard InChI is InChI=1S/C10H12F2OS/c1-6(2)13-7-4-5-8(14-3)10(12)9(7)11/h4-6H,1-3H3. The average Bonchev–Trinajstić information content (AvgIpc) is 2.13. The molecule has 1 nitrogen and oxygen atoms in total. The Morgan fingerprint density at radius 3 is 2.36 bits per heavy atom. The van der Waals surface area contributed by atoms with Crippen LogP contribution < -0.4 is 4.74 Å². The minimum atomic E-state index is -0.912. The third-order valence-electron chi connectivity index (χ3n) is 1.59. The summed E-state index contributed by atoms with van der Waals surface area (Å²) in [5.41, 5.74) is 0. The first kappa shape index (κ1) is 11.3. The first-order valence-corrected chi connectivity index (χ1v) is 5.47. The fraction of sp³-hybridized carbons (Fsp3) is 0.400. The van der Waals surface area contributed by atoms with Crippen molar-refractivity contribution in [3.8, 4) is 5.75 Å². The summed E-state index contributed by atoms with van der Waals surface area (Å²) in [5, 5.41) is 0. The number of thioether (sulfide) groups is 1. The van der Waals surface area contributed by atoms with Gasteiger partial charge < -0.3 is 4.74 Å². The van der Waals surface area contributed by atoms with Gasteiger partial charge in [0.05, 0.1) is 6.10 Å². The number of ether oxygens (including phenoxy) is 1. The lowest BCUT2D eigenvalue weighted by atomic mass is 10.3. The molecule has 0 aliphatic heterocycles. The summed E-state index contributed by atoms with van der Waals surface area (Å²) >= 11 is 1.17. The van der Waals surface area contributed by atoms with Crippen LogP contribution in [0.4, 0.5) is 8.78 Å². The molecule has 1 aromatic carbocycles. The molecular weight excluding hydrogens is 206 g/mol. The summed E-state index contributed by atoms with van der Waals surface area (Å²) in [7, 11) is 0. The zero-order valence-corrected chi connectivity index (χ0v) is 9.12. The zero-order chi connectivity index (χ0) is 10.7. The van der Waals surface area contributed by atoms with Crippen molar-refractivity contribution in [2.45, 2.75) is 24.8 Å². The molecule has 0 bridgehead atoms. The second kappa shape index (κ2) is 4.64. The van der Waals surface area contributed by atoms with E-state index in [1.54, 1.807) is 20.1 Å². The maximum atomic E-state index is 13.3. The highest BCUT2D eigenvalue weighted by Crippen LogP contribution is 2.28. The predicted octanol–water partition coefficient (Wildman–Crippen LogP) is 3.47.